The van der Waals surface area contributed by atoms with E-state index in [-0.39, 0.29) is 24.4 Å². The molecule has 7 heteroatoms. The van der Waals surface area contributed by atoms with Gasteiger partial charge in [-0.15, -0.1) is 0 Å². The van der Waals surface area contributed by atoms with Crippen LogP contribution in [0.5, 0.6) is 11.5 Å². The summed E-state index contributed by atoms with van der Waals surface area (Å²) in [7, 11) is 1.62. The third-order valence-corrected chi connectivity index (χ3v) is 5.49. The Labute approximate surface area is 193 Å². The van der Waals surface area contributed by atoms with Gasteiger partial charge in [-0.05, 0) is 54.8 Å². The van der Waals surface area contributed by atoms with Crippen LogP contribution in [0.3, 0.4) is 0 Å². The molecule has 170 valence electrons. The van der Waals surface area contributed by atoms with Gasteiger partial charge in [0.05, 0.1) is 18.8 Å². The number of rotatable bonds is 9. The van der Waals surface area contributed by atoms with Crippen LogP contribution in [0.2, 0.25) is 0 Å². The van der Waals surface area contributed by atoms with Crippen LogP contribution in [-0.2, 0) is 17.9 Å². The van der Waals surface area contributed by atoms with E-state index in [9.17, 15) is 10.1 Å². The number of hydrogen-bond acceptors (Lipinski definition) is 6. The van der Waals surface area contributed by atoms with Gasteiger partial charge in [-0.2, -0.15) is 5.26 Å². The van der Waals surface area contributed by atoms with E-state index in [1.807, 2.05) is 24.3 Å². The lowest BCUT2D eigenvalue weighted by Crippen LogP contribution is -2.36. The molecule has 1 unspecified atom stereocenters. The van der Waals surface area contributed by atoms with Gasteiger partial charge in [0.1, 0.15) is 29.9 Å². The van der Waals surface area contributed by atoms with E-state index in [4.69, 9.17) is 18.6 Å². The normalized spacial score (nSPS) is 15.1. The van der Waals surface area contributed by atoms with Gasteiger partial charge in [0.25, 0.3) is 5.91 Å². The van der Waals surface area contributed by atoms with E-state index in [1.165, 1.54) is 0 Å². The zero-order chi connectivity index (χ0) is 23.0. The molecule has 0 aliphatic carbocycles. The van der Waals surface area contributed by atoms with Crippen molar-refractivity contribution >= 4 is 5.91 Å². The highest BCUT2D eigenvalue weighted by molar-refractivity contribution is 5.91. The predicted octanol–water partition coefficient (Wildman–Crippen LogP) is 4.56. The molecule has 0 bridgehead atoms. The largest absolute Gasteiger partial charge is 0.497 e. The van der Waals surface area contributed by atoms with E-state index in [1.54, 1.807) is 48.4 Å². The Balaban J connectivity index is 1.47. The summed E-state index contributed by atoms with van der Waals surface area (Å²) in [4.78, 5) is 15.1. The number of methoxy groups -OCH3 is 1. The second-order valence-electron chi connectivity index (χ2n) is 7.83. The molecule has 0 saturated carbocycles. The molecule has 1 fully saturated rings. The van der Waals surface area contributed by atoms with E-state index in [0.717, 1.165) is 30.8 Å². The minimum Gasteiger partial charge on any atom is -0.497 e. The van der Waals surface area contributed by atoms with Crippen LogP contribution in [0.4, 0.5) is 0 Å². The summed E-state index contributed by atoms with van der Waals surface area (Å²) in [5.74, 6) is 1.75. The van der Waals surface area contributed by atoms with Crippen molar-refractivity contribution in [2.24, 2.45) is 0 Å². The molecular formula is C26H26N2O5. The summed E-state index contributed by atoms with van der Waals surface area (Å²) in [5.41, 5.74) is 1.41. The van der Waals surface area contributed by atoms with Crippen LogP contribution in [0.15, 0.2) is 65.1 Å². The second-order valence-corrected chi connectivity index (χ2v) is 7.83. The summed E-state index contributed by atoms with van der Waals surface area (Å²) in [6, 6.07) is 20.1. The van der Waals surface area contributed by atoms with Crippen molar-refractivity contribution in [3.05, 3.63) is 83.3 Å². The van der Waals surface area contributed by atoms with Gasteiger partial charge < -0.3 is 23.5 Å². The molecule has 1 aliphatic heterocycles. The fraction of sp³-hybridized carbons (Fsp3) is 0.308. The average molecular weight is 447 g/mol. The van der Waals surface area contributed by atoms with Crippen molar-refractivity contribution in [2.45, 2.75) is 32.1 Å². The minimum atomic E-state index is -0.211. The SMILES string of the molecule is COc1cccc(CN(CC2CCCO2)C(=O)c2ccc(COc3ccccc3C#N)o2)c1. The zero-order valence-corrected chi connectivity index (χ0v) is 18.5. The maximum atomic E-state index is 13.3. The fourth-order valence-corrected chi connectivity index (χ4v) is 3.80. The van der Waals surface area contributed by atoms with Crippen molar-refractivity contribution in [2.75, 3.05) is 20.3 Å². The van der Waals surface area contributed by atoms with Crippen molar-refractivity contribution < 1.29 is 23.4 Å². The third kappa shape index (κ3) is 5.73. The summed E-state index contributed by atoms with van der Waals surface area (Å²) in [6.45, 7) is 1.74. The first-order valence-electron chi connectivity index (χ1n) is 10.9. The number of furan rings is 1. The Morgan fingerprint density at radius 1 is 1.18 bits per heavy atom. The van der Waals surface area contributed by atoms with E-state index >= 15 is 0 Å². The molecule has 7 nitrogen and oxygen atoms in total. The molecule has 1 atom stereocenters. The molecule has 1 saturated heterocycles. The van der Waals surface area contributed by atoms with Gasteiger partial charge in [-0.25, -0.2) is 0 Å². The summed E-state index contributed by atoms with van der Waals surface area (Å²) < 4.78 is 22.6. The first-order valence-corrected chi connectivity index (χ1v) is 10.9. The van der Waals surface area contributed by atoms with Crippen molar-refractivity contribution in [3.8, 4) is 17.6 Å². The number of nitrogens with zero attached hydrogens (tertiary/aromatic N) is 2. The number of nitriles is 1. The number of carbonyl (C=O) groups excluding carboxylic acids is 1. The number of hydrogen-bond donors (Lipinski definition) is 0. The smallest absolute Gasteiger partial charge is 0.289 e. The summed E-state index contributed by atoms with van der Waals surface area (Å²) in [6.07, 6.45) is 1.94. The lowest BCUT2D eigenvalue weighted by molar-refractivity contribution is 0.0481. The molecule has 1 aliphatic rings. The van der Waals surface area contributed by atoms with Gasteiger partial charge in [0.2, 0.25) is 0 Å². The molecule has 1 amide bonds. The maximum absolute atomic E-state index is 13.3. The van der Waals surface area contributed by atoms with Crippen LogP contribution in [0.25, 0.3) is 0 Å². The standard InChI is InChI=1S/C26H26N2O5/c1-30-21-8-4-6-19(14-21)16-28(17-22-9-5-13-31-22)26(29)25-12-11-23(33-25)18-32-24-10-3-2-7-20(24)15-27/h2-4,6-8,10-12,14,22H,5,9,13,16-18H2,1H3. The highest BCUT2D eigenvalue weighted by Crippen LogP contribution is 2.22. The minimum absolute atomic E-state index is 0.0137. The number of ether oxygens (including phenoxy) is 3. The average Bonchev–Trinajstić information content (AvgIpc) is 3.54. The predicted molar refractivity (Wildman–Crippen MR) is 121 cm³/mol. The molecule has 1 aromatic heterocycles. The Hall–Kier alpha value is -3.76. The quantitative estimate of drug-likeness (QED) is 0.479. The van der Waals surface area contributed by atoms with Crippen LogP contribution >= 0.6 is 0 Å². The van der Waals surface area contributed by atoms with Crippen LogP contribution < -0.4 is 9.47 Å². The zero-order valence-electron chi connectivity index (χ0n) is 18.5. The monoisotopic (exact) mass is 446 g/mol. The third-order valence-electron chi connectivity index (χ3n) is 5.49. The van der Waals surface area contributed by atoms with Gasteiger partial charge in [0, 0.05) is 19.7 Å². The first-order chi connectivity index (χ1) is 16.2. The number of carbonyl (C=O) groups is 1. The van der Waals surface area contributed by atoms with Gasteiger partial charge >= 0.3 is 0 Å². The van der Waals surface area contributed by atoms with E-state index < -0.39 is 0 Å². The molecule has 0 spiro atoms. The van der Waals surface area contributed by atoms with Crippen LogP contribution in [-0.4, -0.2) is 37.2 Å². The van der Waals surface area contributed by atoms with Gasteiger partial charge in [-0.3, -0.25) is 4.79 Å². The van der Waals surface area contributed by atoms with E-state index in [2.05, 4.69) is 6.07 Å². The number of benzene rings is 2. The Kier molecular flexibility index (Phi) is 7.28. The number of para-hydroxylation sites is 1. The Morgan fingerprint density at radius 2 is 2.06 bits per heavy atom. The molecule has 0 N–H and O–H groups in total. The highest BCUT2D eigenvalue weighted by atomic mass is 16.5. The number of amides is 1. The molecule has 2 heterocycles. The van der Waals surface area contributed by atoms with Gasteiger partial charge in [-0.1, -0.05) is 24.3 Å². The lowest BCUT2D eigenvalue weighted by atomic mass is 10.1. The van der Waals surface area contributed by atoms with E-state index in [0.29, 0.717) is 30.2 Å². The lowest BCUT2D eigenvalue weighted by Gasteiger charge is -2.25. The Bertz CT molecular complexity index is 1130. The van der Waals surface area contributed by atoms with Crippen LogP contribution in [0, 0.1) is 11.3 Å². The first kappa shape index (κ1) is 22.4. The molecule has 0 radical (unpaired) electrons. The fourth-order valence-electron chi connectivity index (χ4n) is 3.80. The van der Waals surface area contributed by atoms with Gasteiger partial charge in [0.15, 0.2) is 5.76 Å². The van der Waals surface area contributed by atoms with Crippen molar-refractivity contribution in [1.29, 1.82) is 5.26 Å². The molecule has 2 aromatic carbocycles. The highest BCUT2D eigenvalue weighted by Gasteiger charge is 2.25. The second kappa shape index (κ2) is 10.7. The summed E-state index contributed by atoms with van der Waals surface area (Å²) in [5, 5.41) is 9.20. The summed E-state index contributed by atoms with van der Waals surface area (Å²) >= 11 is 0. The van der Waals surface area contributed by atoms with Crippen molar-refractivity contribution in [3.63, 3.8) is 0 Å². The topological polar surface area (TPSA) is 84.9 Å². The molecule has 3 aromatic rings. The van der Waals surface area contributed by atoms with Crippen LogP contribution in [0.1, 0.15) is 40.3 Å². The molecular weight excluding hydrogens is 420 g/mol. The Morgan fingerprint density at radius 3 is 2.85 bits per heavy atom. The molecule has 4 rings (SSSR count). The maximum Gasteiger partial charge on any atom is 0.289 e. The molecule has 33 heavy (non-hydrogen) atoms. The van der Waals surface area contributed by atoms with Crippen molar-refractivity contribution in [1.82, 2.24) is 4.90 Å².